The molecule has 2 nitrogen and oxygen atoms in total. The van der Waals surface area contributed by atoms with Crippen LogP contribution in [0.1, 0.15) is 95.0 Å². The molecule has 0 saturated heterocycles. The summed E-state index contributed by atoms with van der Waals surface area (Å²) in [6.45, 7) is 11.4. The summed E-state index contributed by atoms with van der Waals surface area (Å²) in [6.07, 6.45) is 7.61. The van der Waals surface area contributed by atoms with Crippen LogP contribution in [0.5, 0.6) is 0 Å². The van der Waals surface area contributed by atoms with E-state index in [0.717, 1.165) is 18.3 Å². The van der Waals surface area contributed by atoms with Crippen LogP contribution in [0.25, 0.3) is 0 Å². The lowest BCUT2D eigenvalue weighted by molar-refractivity contribution is -0.165. The van der Waals surface area contributed by atoms with Crippen molar-refractivity contribution in [1.82, 2.24) is 0 Å². The van der Waals surface area contributed by atoms with Crippen molar-refractivity contribution < 1.29 is 9.53 Å². The zero-order chi connectivity index (χ0) is 19.4. The molecule has 4 aliphatic rings. The molecule has 1 aromatic rings. The van der Waals surface area contributed by atoms with Gasteiger partial charge in [0.15, 0.2) is 0 Å². The molecule has 4 saturated carbocycles. The van der Waals surface area contributed by atoms with Gasteiger partial charge in [0.05, 0.1) is 5.56 Å². The van der Waals surface area contributed by atoms with Crippen molar-refractivity contribution in [3.8, 4) is 0 Å². The number of hydrogen-bond donors (Lipinski definition) is 0. The predicted molar refractivity (Wildman–Crippen MR) is 110 cm³/mol. The fourth-order valence-electron chi connectivity index (χ4n) is 6.21. The Balaban J connectivity index is 1.47. The smallest absolute Gasteiger partial charge is 0.338 e. The normalized spacial score (nSPS) is 35.9. The molecule has 0 aromatic heterocycles. The first-order chi connectivity index (χ1) is 12.7. The summed E-state index contributed by atoms with van der Waals surface area (Å²) in [6, 6.07) is 8.19. The summed E-state index contributed by atoms with van der Waals surface area (Å²) in [4.78, 5) is 13.0. The largest absolute Gasteiger partial charge is 0.455 e. The van der Waals surface area contributed by atoms with Gasteiger partial charge in [-0.05, 0) is 91.7 Å². The Labute approximate surface area is 165 Å². The Hall–Kier alpha value is -1.31. The molecule has 148 valence electrons. The zero-order valence-electron chi connectivity index (χ0n) is 17.8. The fraction of sp³-hybridized carbons (Fsp3) is 0.720. The van der Waals surface area contributed by atoms with Crippen molar-refractivity contribution >= 4 is 5.97 Å². The van der Waals surface area contributed by atoms with Gasteiger partial charge >= 0.3 is 5.97 Å². The number of rotatable bonds is 5. The SMILES string of the molecule is CCC(C)(C)C(C)c1ccc(C(=O)OC2(C)C3CC4CC(C3)CC2C4)cc1. The first-order valence-corrected chi connectivity index (χ1v) is 11.1. The highest BCUT2D eigenvalue weighted by atomic mass is 16.6. The Morgan fingerprint density at radius 2 is 1.59 bits per heavy atom. The van der Waals surface area contributed by atoms with Crippen LogP contribution in [0, 0.1) is 29.1 Å². The molecule has 4 fully saturated rings. The van der Waals surface area contributed by atoms with Crippen LogP contribution in [-0.2, 0) is 4.74 Å². The molecule has 27 heavy (non-hydrogen) atoms. The highest BCUT2D eigenvalue weighted by Crippen LogP contribution is 2.59. The minimum absolute atomic E-state index is 0.126. The van der Waals surface area contributed by atoms with Crippen LogP contribution in [0.2, 0.25) is 0 Å². The van der Waals surface area contributed by atoms with E-state index in [4.69, 9.17) is 4.74 Å². The molecule has 4 aliphatic carbocycles. The van der Waals surface area contributed by atoms with Gasteiger partial charge in [-0.15, -0.1) is 0 Å². The van der Waals surface area contributed by atoms with Crippen molar-refractivity contribution in [2.24, 2.45) is 29.1 Å². The highest BCUT2D eigenvalue weighted by Gasteiger charge is 2.57. The molecule has 0 radical (unpaired) electrons. The molecule has 0 spiro atoms. The van der Waals surface area contributed by atoms with E-state index >= 15 is 0 Å². The second kappa shape index (κ2) is 6.64. The van der Waals surface area contributed by atoms with Crippen molar-refractivity contribution in [2.75, 3.05) is 0 Å². The van der Waals surface area contributed by atoms with Crippen LogP contribution < -0.4 is 0 Å². The molecule has 0 amide bonds. The number of carbonyl (C=O) groups excluding carboxylic acids is 1. The van der Waals surface area contributed by atoms with E-state index < -0.39 is 0 Å². The van der Waals surface area contributed by atoms with Crippen molar-refractivity contribution in [1.29, 1.82) is 0 Å². The molecular formula is C25H36O2. The number of carbonyl (C=O) groups is 1. The Kier molecular flexibility index (Phi) is 4.68. The Morgan fingerprint density at radius 1 is 1.07 bits per heavy atom. The molecule has 1 unspecified atom stereocenters. The van der Waals surface area contributed by atoms with Gasteiger partial charge in [0.1, 0.15) is 5.60 Å². The third-order valence-corrected chi connectivity index (χ3v) is 8.80. The van der Waals surface area contributed by atoms with Crippen molar-refractivity contribution in [3.63, 3.8) is 0 Å². The van der Waals surface area contributed by atoms with E-state index in [9.17, 15) is 4.79 Å². The van der Waals surface area contributed by atoms with Gasteiger partial charge in [0.25, 0.3) is 0 Å². The van der Waals surface area contributed by atoms with Gasteiger partial charge in [-0.25, -0.2) is 4.79 Å². The summed E-state index contributed by atoms with van der Waals surface area (Å²) < 4.78 is 6.25. The maximum absolute atomic E-state index is 13.0. The Morgan fingerprint density at radius 3 is 2.07 bits per heavy atom. The van der Waals surface area contributed by atoms with E-state index in [2.05, 4.69) is 46.8 Å². The van der Waals surface area contributed by atoms with E-state index in [1.807, 2.05) is 12.1 Å². The first kappa shape index (κ1) is 19.0. The zero-order valence-corrected chi connectivity index (χ0v) is 17.8. The van der Waals surface area contributed by atoms with Crippen LogP contribution in [0.15, 0.2) is 24.3 Å². The molecule has 1 aromatic carbocycles. The average molecular weight is 369 g/mol. The second-order valence-electron chi connectivity index (χ2n) is 10.6. The minimum Gasteiger partial charge on any atom is -0.455 e. The summed E-state index contributed by atoms with van der Waals surface area (Å²) >= 11 is 0. The van der Waals surface area contributed by atoms with E-state index in [1.165, 1.54) is 37.7 Å². The lowest BCUT2D eigenvalue weighted by Crippen LogP contribution is -2.58. The quantitative estimate of drug-likeness (QED) is 0.547. The van der Waals surface area contributed by atoms with Gasteiger partial charge in [0, 0.05) is 0 Å². The summed E-state index contributed by atoms with van der Waals surface area (Å²) in [5.74, 6) is 3.27. The fourth-order valence-corrected chi connectivity index (χ4v) is 6.21. The van der Waals surface area contributed by atoms with Gasteiger partial charge in [0.2, 0.25) is 0 Å². The minimum atomic E-state index is -0.249. The van der Waals surface area contributed by atoms with Gasteiger partial charge in [-0.1, -0.05) is 46.2 Å². The molecule has 5 rings (SSSR count). The molecule has 0 N–H and O–H groups in total. The van der Waals surface area contributed by atoms with Crippen LogP contribution >= 0.6 is 0 Å². The van der Waals surface area contributed by atoms with Crippen LogP contribution in [-0.4, -0.2) is 11.6 Å². The van der Waals surface area contributed by atoms with Gasteiger partial charge in [-0.2, -0.15) is 0 Å². The summed E-state index contributed by atoms with van der Waals surface area (Å²) in [7, 11) is 0. The maximum atomic E-state index is 13.0. The van der Waals surface area contributed by atoms with E-state index in [-0.39, 0.29) is 17.0 Å². The lowest BCUT2D eigenvalue weighted by Gasteiger charge is -2.59. The topological polar surface area (TPSA) is 26.3 Å². The number of benzene rings is 1. The lowest BCUT2D eigenvalue weighted by atomic mass is 9.50. The predicted octanol–water partition coefficient (Wildman–Crippen LogP) is 6.60. The summed E-state index contributed by atoms with van der Waals surface area (Å²) in [5, 5.41) is 0. The third kappa shape index (κ3) is 3.23. The first-order valence-electron chi connectivity index (χ1n) is 11.1. The number of esters is 1. The maximum Gasteiger partial charge on any atom is 0.338 e. The van der Waals surface area contributed by atoms with Gasteiger partial charge in [-0.3, -0.25) is 0 Å². The second-order valence-corrected chi connectivity index (χ2v) is 10.6. The van der Waals surface area contributed by atoms with Gasteiger partial charge < -0.3 is 4.74 Å². The average Bonchev–Trinajstić information content (AvgIpc) is 2.65. The number of hydrogen-bond acceptors (Lipinski definition) is 2. The molecule has 2 heteroatoms. The Bertz CT molecular complexity index is 672. The molecule has 0 heterocycles. The van der Waals surface area contributed by atoms with Crippen LogP contribution in [0.4, 0.5) is 0 Å². The van der Waals surface area contributed by atoms with E-state index in [0.29, 0.717) is 23.3 Å². The standard InChI is InChI=1S/C25H36O2/c1-6-24(3,4)16(2)19-7-9-20(10-8-19)23(26)27-25(5)21-12-17-11-18(14-21)15-22(25)13-17/h7-10,16-18,21-22H,6,11-15H2,1-5H3. The molecule has 4 bridgehead atoms. The summed E-state index contributed by atoms with van der Waals surface area (Å²) in [5.41, 5.74) is 2.02. The monoisotopic (exact) mass is 368 g/mol. The van der Waals surface area contributed by atoms with Crippen LogP contribution in [0.3, 0.4) is 0 Å². The highest BCUT2D eigenvalue weighted by molar-refractivity contribution is 5.89. The van der Waals surface area contributed by atoms with Crippen molar-refractivity contribution in [2.45, 2.75) is 84.7 Å². The number of ether oxygens (including phenoxy) is 1. The molecule has 1 atom stereocenters. The van der Waals surface area contributed by atoms with E-state index in [1.54, 1.807) is 0 Å². The van der Waals surface area contributed by atoms with Crippen molar-refractivity contribution in [3.05, 3.63) is 35.4 Å². The molecule has 0 aliphatic heterocycles. The third-order valence-electron chi connectivity index (χ3n) is 8.80. The molecular weight excluding hydrogens is 332 g/mol.